The molecule has 3 N–H and O–H groups in total. The molecule has 0 atom stereocenters. The minimum Gasteiger partial charge on any atom is -0.326 e. The van der Waals surface area contributed by atoms with E-state index in [1.54, 1.807) is 37.6 Å². The van der Waals surface area contributed by atoms with E-state index in [-0.39, 0.29) is 11.4 Å². The Bertz CT molecular complexity index is 680. The predicted molar refractivity (Wildman–Crippen MR) is 76.3 cm³/mol. The molecule has 108 valence electrons. The number of rotatable bonds is 5. The first-order chi connectivity index (χ1) is 9.45. The maximum atomic E-state index is 12.5. The van der Waals surface area contributed by atoms with Crippen LogP contribution in [0.25, 0.3) is 0 Å². The SMILES string of the molecule is Cc1cc(S(=O)(=O)N(C)Cc2cn[nH]c2)ccc1CN. The first-order valence-electron chi connectivity index (χ1n) is 6.18. The molecule has 0 spiro atoms. The third kappa shape index (κ3) is 2.90. The van der Waals surface area contributed by atoms with E-state index >= 15 is 0 Å². The lowest BCUT2D eigenvalue weighted by Gasteiger charge is -2.17. The zero-order valence-corrected chi connectivity index (χ0v) is 12.3. The van der Waals surface area contributed by atoms with Gasteiger partial charge in [0.1, 0.15) is 0 Å². The standard InChI is InChI=1S/C13H18N4O2S/c1-10-5-13(4-3-12(10)6-14)20(18,19)17(2)9-11-7-15-16-8-11/h3-5,7-8H,6,9,14H2,1-2H3,(H,15,16). The van der Waals surface area contributed by atoms with Crippen LogP contribution in [0.1, 0.15) is 16.7 Å². The molecule has 1 aromatic heterocycles. The summed E-state index contributed by atoms with van der Waals surface area (Å²) >= 11 is 0. The van der Waals surface area contributed by atoms with E-state index in [2.05, 4.69) is 10.2 Å². The van der Waals surface area contributed by atoms with Crippen LogP contribution in [0.4, 0.5) is 0 Å². The summed E-state index contributed by atoms with van der Waals surface area (Å²) in [6.45, 7) is 2.53. The molecule has 0 radical (unpaired) electrons. The molecule has 0 amide bonds. The molecule has 1 heterocycles. The Morgan fingerprint density at radius 3 is 2.70 bits per heavy atom. The Balaban J connectivity index is 2.27. The minimum atomic E-state index is -3.51. The lowest BCUT2D eigenvalue weighted by molar-refractivity contribution is 0.466. The van der Waals surface area contributed by atoms with Crippen molar-refractivity contribution in [2.45, 2.75) is 24.9 Å². The molecule has 0 unspecified atom stereocenters. The van der Waals surface area contributed by atoms with Gasteiger partial charge in [-0.3, -0.25) is 5.10 Å². The molecule has 0 aliphatic heterocycles. The summed E-state index contributed by atoms with van der Waals surface area (Å²) in [7, 11) is -1.96. The molecule has 6 nitrogen and oxygen atoms in total. The lowest BCUT2D eigenvalue weighted by Crippen LogP contribution is -2.26. The highest BCUT2D eigenvalue weighted by Gasteiger charge is 2.21. The summed E-state index contributed by atoms with van der Waals surface area (Å²) in [6, 6.07) is 5.01. The fourth-order valence-electron chi connectivity index (χ4n) is 1.94. The monoisotopic (exact) mass is 294 g/mol. The van der Waals surface area contributed by atoms with Gasteiger partial charge >= 0.3 is 0 Å². The van der Waals surface area contributed by atoms with Gasteiger partial charge in [0.05, 0.1) is 11.1 Å². The predicted octanol–water partition coefficient (Wildman–Crippen LogP) is 0.998. The number of aromatic nitrogens is 2. The van der Waals surface area contributed by atoms with E-state index in [4.69, 9.17) is 5.73 Å². The van der Waals surface area contributed by atoms with Crippen molar-refractivity contribution in [3.05, 3.63) is 47.3 Å². The smallest absolute Gasteiger partial charge is 0.243 e. The zero-order valence-electron chi connectivity index (χ0n) is 11.5. The number of nitrogens with one attached hydrogen (secondary N) is 1. The van der Waals surface area contributed by atoms with E-state index in [9.17, 15) is 8.42 Å². The molecule has 2 aromatic rings. The van der Waals surface area contributed by atoms with E-state index in [0.717, 1.165) is 16.7 Å². The van der Waals surface area contributed by atoms with Crippen LogP contribution in [-0.4, -0.2) is 30.0 Å². The van der Waals surface area contributed by atoms with Gasteiger partial charge in [-0.25, -0.2) is 8.42 Å². The highest BCUT2D eigenvalue weighted by atomic mass is 32.2. The molecule has 2 rings (SSSR count). The Morgan fingerprint density at radius 2 is 2.15 bits per heavy atom. The highest BCUT2D eigenvalue weighted by molar-refractivity contribution is 7.89. The second-order valence-corrected chi connectivity index (χ2v) is 6.70. The molecular weight excluding hydrogens is 276 g/mol. The van der Waals surface area contributed by atoms with Crippen LogP contribution in [0.15, 0.2) is 35.5 Å². The average Bonchev–Trinajstić information content (AvgIpc) is 2.91. The van der Waals surface area contributed by atoms with Crippen molar-refractivity contribution in [3.63, 3.8) is 0 Å². The van der Waals surface area contributed by atoms with Gasteiger partial charge in [0.25, 0.3) is 0 Å². The van der Waals surface area contributed by atoms with E-state index in [1.807, 2.05) is 6.92 Å². The first kappa shape index (κ1) is 14.7. The van der Waals surface area contributed by atoms with Gasteiger partial charge in [0, 0.05) is 31.9 Å². The lowest BCUT2D eigenvalue weighted by atomic mass is 10.1. The van der Waals surface area contributed by atoms with Crippen LogP contribution in [-0.2, 0) is 23.1 Å². The topological polar surface area (TPSA) is 92.1 Å². The molecular formula is C13H18N4O2S. The van der Waals surface area contributed by atoms with Gasteiger partial charge in [0.15, 0.2) is 0 Å². The number of aryl methyl sites for hydroxylation is 1. The van der Waals surface area contributed by atoms with Crippen LogP contribution in [0.2, 0.25) is 0 Å². The third-order valence-electron chi connectivity index (χ3n) is 3.20. The number of sulfonamides is 1. The first-order valence-corrected chi connectivity index (χ1v) is 7.62. The number of aromatic amines is 1. The molecule has 20 heavy (non-hydrogen) atoms. The number of hydrogen-bond donors (Lipinski definition) is 2. The normalized spacial score (nSPS) is 12.0. The number of nitrogens with zero attached hydrogens (tertiary/aromatic N) is 2. The molecule has 0 aliphatic carbocycles. The van der Waals surface area contributed by atoms with Crippen molar-refractivity contribution in [3.8, 4) is 0 Å². The maximum Gasteiger partial charge on any atom is 0.243 e. The summed E-state index contributed by atoms with van der Waals surface area (Å²) in [6.07, 6.45) is 3.28. The average molecular weight is 294 g/mol. The Hall–Kier alpha value is -1.70. The third-order valence-corrected chi connectivity index (χ3v) is 5.00. The van der Waals surface area contributed by atoms with Crippen molar-refractivity contribution < 1.29 is 8.42 Å². The summed E-state index contributed by atoms with van der Waals surface area (Å²) in [5.74, 6) is 0. The molecule has 0 aliphatic rings. The second-order valence-electron chi connectivity index (χ2n) is 4.66. The van der Waals surface area contributed by atoms with Gasteiger partial charge in [-0.05, 0) is 30.2 Å². The molecule has 7 heteroatoms. The van der Waals surface area contributed by atoms with E-state index < -0.39 is 10.0 Å². The van der Waals surface area contributed by atoms with Crippen LogP contribution < -0.4 is 5.73 Å². The molecule has 0 fully saturated rings. The van der Waals surface area contributed by atoms with Crippen LogP contribution in [0.5, 0.6) is 0 Å². The maximum absolute atomic E-state index is 12.5. The van der Waals surface area contributed by atoms with Gasteiger partial charge in [-0.15, -0.1) is 0 Å². The summed E-state index contributed by atoms with van der Waals surface area (Å²) < 4.78 is 26.2. The van der Waals surface area contributed by atoms with Gasteiger partial charge in [-0.2, -0.15) is 9.40 Å². The fourth-order valence-corrected chi connectivity index (χ4v) is 3.19. The quantitative estimate of drug-likeness (QED) is 0.860. The van der Waals surface area contributed by atoms with Crippen molar-refractivity contribution >= 4 is 10.0 Å². The number of benzene rings is 1. The Labute approximate surface area is 118 Å². The largest absolute Gasteiger partial charge is 0.326 e. The second kappa shape index (κ2) is 5.74. The van der Waals surface area contributed by atoms with Crippen molar-refractivity contribution in [1.82, 2.24) is 14.5 Å². The van der Waals surface area contributed by atoms with Crippen molar-refractivity contribution in [2.24, 2.45) is 5.73 Å². The molecule has 0 saturated heterocycles. The fraction of sp³-hybridized carbons (Fsp3) is 0.308. The molecule has 1 aromatic carbocycles. The molecule has 0 bridgehead atoms. The Morgan fingerprint density at radius 1 is 1.40 bits per heavy atom. The Kier molecular flexibility index (Phi) is 4.22. The van der Waals surface area contributed by atoms with Crippen molar-refractivity contribution in [1.29, 1.82) is 0 Å². The number of hydrogen-bond acceptors (Lipinski definition) is 4. The van der Waals surface area contributed by atoms with Gasteiger partial charge in [-0.1, -0.05) is 6.07 Å². The van der Waals surface area contributed by atoms with Crippen LogP contribution in [0.3, 0.4) is 0 Å². The van der Waals surface area contributed by atoms with E-state index in [0.29, 0.717) is 6.54 Å². The van der Waals surface area contributed by atoms with Crippen LogP contribution >= 0.6 is 0 Å². The number of H-pyrrole nitrogens is 1. The van der Waals surface area contributed by atoms with Gasteiger partial charge in [0.2, 0.25) is 10.0 Å². The summed E-state index contributed by atoms with van der Waals surface area (Å²) in [4.78, 5) is 0.276. The summed E-state index contributed by atoms with van der Waals surface area (Å²) in [5.41, 5.74) is 8.23. The van der Waals surface area contributed by atoms with Crippen LogP contribution in [0, 0.1) is 6.92 Å². The number of nitrogens with two attached hydrogens (primary N) is 1. The summed E-state index contributed by atoms with van der Waals surface area (Å²) in [5, 5.41) is 6.47. The highest BCUT2D eigenvalue weighted by Crippen LogP contribution is 2.19. The zero-order chi connectivity index (χ0) is 14.8. The minimum absolute atomic E-state index is 0.274. The van der Waals surface area contributed by atoms with Gasteiger partial charge < -0.3 is 5.73 Å². The van der Waals surface area contributed by atoms with Crippen molar-refractivity contribution in [2.75, 3.05) is 7.05 Å². The molecule has 0 saturated carbocycles. The van der Waals surface area contributed by atoms with E-state index in [1.165, 1.54) is 4.31 Å².